The number of amides is 1. The summed E-state index contributed by atoms with van der Waals surface area (Å²) >= 11 is 5.97. The summed E-state index contributed by atoms with van der Waals surface area (Å²) < 4.78 is 38.7. The Morgan fingerprint density at radius 1 is 1.20 bits per heavy atom. The van der Waals surface area contributed by atoms with Crippen molar-refractivity contribution in [2.45, 2.75) is 46.2 Å². The summed E-state index contributed by atoms with van der Waals surface area (Å²) in [7, 11) is 0. The third-order valence-corrected chi connectivity index (χ3v) is 7.01. The van der Waals surface area contributed by atoms with Gasteiger partial charge in [-0.25, -0.2) is 0 Å². The number of fused-ring (bicyclic) bond motifs is 2. The van der Waals surface area contributed by atoms with Crippen LogP contribution in [0.2, 0.25) is 5.02 Å². The van der Waals surface area contributed by atoms with Crippen molar-refractivity contribution in [3.8, 4) is 0 Å². The Labute approximate surface area is 148 Å². The molecule has 1 N–H and O–H groups in total. The van der Waals surface area contributed by atoms with Crippen LogP contribution in [0.25, 0.3) is 0 Å². The Hall–Kier alpha value is -1.56. The lowest BCUT2D eigenvalue weighted by molar-refractivity contribution is -0.137. The van der Waals surface area contributed by atoms with Crippen LogP contribution < -0.4 is 5.32 Å². The van der Waals surface area contributed by atoms with Crippen LogP contribution in [0.4, 0.5) is 18.9 Å². The Morgan fingerprint density at radius 3 is 2.32 bits per heavy atom. The highest BCUT2D eigenvalue weighted by Crippen LogP contribution is 2.70. The molecule has 0 heterocycles. The van der Waals surface area contributed by atoms with Crippen LogP contribution in [0.15, 0.2) is 18.2 Å². The molecule has 3 nitrogen and oxygen atoms in total. The molecular weight excluding hydrogens is 355 g/mol. The van der Waals surface area contributed by atoms with Gasteiger partial charge in [-0.15, -0.1) is 0 Å². The average Bonchev–Trinajstić information content (AvgIpc) is 2.78. The molecule has 2 aliphatic carbocycles. The summed E-state index contributed by atoms with van der Waals surface area (Å²) in [6.07, 6.45) is -3.29. The normalized spacial score (nSPS) is 30.6. The van der Waals surface area contributed by atoms with Gasteiger partial charge in [0.15, 0.2) is 0 Å². The molecule has 1 aromatic carbocycles. The number of carbonyl (C=O) groups is 2. The summed E-state index contributed by atoms with van der Waals surface area (Å²) in [5, 5.41) is 2.58. The fraction of sp³-hybridized carbons (Fsp3) is 0.556. The van der Waals surface area contributed by atoms with Crippen LogP contribution >= 0.6 is 11.6 Å². The second-order valence-electron chi connectivity index (χ2n) is 7.79. The maximum absolute atomic E-state index is 13.0. The van der Waals surface area contributed by atoms with E-state index in [9.17, 15) is 22.8 Å². The molecular formula is C18H19ClF3NO2. The first-order valence-electron chi connectivity index (χ1n) is 8.07. The highest BCUT2D eigenvalue weighted by atomic mass is 35.5. The van der Waals surface area contributed by atoms with E-state index in [0.717, 1.165) is 18.2 Å². The first-order valence-corrected chi connectivity index (χ1v) is 8.44. The molecule has 2 saturated carbocycles. The fourth-order valence-corrected chi connectivity index (χ4v) is 4.56. The molecule has 0 spiro atoms. The lowest BCUT2D eigenvalue weighted by atomic mass is 9.64. The molecule has 136 valence electrons. The molecule has 0 radical (unpaired) electrons. The predicted octanol–water partition coefficient (Wildman–Crippen LogP) is 5.08. The van der Waals surface area contributed by atoms with Crippen molar-refractivity contribution < 1.29 is 22.8 Å². The molecule has 25 heavy (non-hydrogen) atoms. The van der Waals surface area contributed by atoms with Crippen molar-refractivity contribution in [1.29, 1.82) is 0 Å². The minimum Gasteiger partial charge on any atom is -0.324 e. The second-order valence-corrected chi connectivity index (χ2v) is 8.19. The quantitative estimate of drug-likeness (QED) is 0.785. The maximum atomic E-state index is 13.0. The summed E-state index contributed by atoms with van der Waals surface area (Å²) in [5.41, 5.74) is -3.05. The molecule has 7 heteroatoms. The lowest BCUT2D eigenvalue weighted by Crippen LogP contribution is -2.43. The highest BCUT2D eigenvalue weighted by molar-refractivity contribution is 6.33. The SMILES string of the molecule is CC12CCC(C(=O)Nc3cc(C(F)(F)F)ccc3Cl)(CC1=O)C2(C)C. The monoisotopic (exact) mass is 373 g/mol. The number of Topliss-reactive ketones (excluding diaryl/α,β-unsaturated/α-hetero) is 1. The van der Waals surface area contributed by atoms with E-state index in [2.05, 4.69) is 5.32 Å². The number of hydrogen-bond acceptors (Lipinski definition) is 2. The Balaban J connectivity index is 1.95. The molecule has 1 amide bonds. The van der Waals surface area contributed by atoms with Gasteiger partial charge < -0.3 is 5.32 Å². The minimum atomic E-state index is -4.53. The number of alkyl halides is 3. The number of ketones is 1. The first kappa shape index (κ1) is 18.2. The third-order valence-electron chi connectivity index (χ3n) is 6.68. The van der Waals surface area contributed by atoms with Crippen LogP contribution in [-0.2, 0) is 15.8 Å². The summed E-state index contributed by atoms with van der Waals surface area (Å²) in [5.74, 6) is -0.401. The molecule has 2 aliphatic rings. The number of hydrogen-bond donors (Lipinski definition) is 1. The molecule has 2 atom stereocenters. The van der Waals surface area contributed by atoms with Gasteiger partial charge in [-0.05, 0) is 36.5 Å². The zero-order chi connectivity index (χ0) is 18.8. The van der Waals surface area contributed by atoms with Crippen molar-refractivity contribution in [2.24, 2.45) is 16.2 Å². The first-order chi connectivity index (χ1) is 11.3. The molecule has 0 aromatic heterocycles. The number of halogens is 4. The maximum Gasteiger partial charge on any atom is 0.416 e. The van der Waals surface area contributed by atoms with Crippen LogP contribution in [0.3, 0.4) is 0 Å². The van der Waals surface area contributed by atoms with Crippen molar-refractivity contribution in [1.82, 2.24) is 0 Å². The molecule has 0 aliphatic heterocycles. The van der Waals surface area contributed by atoms with Gasteiger partial charge in [0, 0.05) is 11.8 Å². The molecule has 0 saturated heterocycles. The molecule has 2 fully saturated rings. The van der Waals surface area contributed by atoms with Gasteiger partial charge in [0.1, 0.15) is 5.78 Å². The van der Waals surface area contributed by atoms with Gasteiger partial charge in [-0.3, -0.25) is 9.59 Å². The standard InChI is InChI=1S/C18H19ClF3NO2/c1-15(2)16(3)6-7-17(15,9-13(16)24)14(25)23-12-8-10(18(20,21)22)4-5-11(12)19/h4-5,8H,6-7,9H2,1-3H3,(H,23,25). The Bertz CT molecular complexity index is 774. The van der Waals surface area contributed by atoms with Crippen LogP contribution in [0.1, 0.15) is 45.6 Å². The number of carbonyl (C=O) groups excluding carboxylic acids is 2. The number of nitrogens with one attached hydrogen (secondary N) is 1. The van der Waals surface area contributed by atoms with E-state index in [1.54, 1.807) is 0 Å². The topological polar surface area (TPSA) is 46.2 Å². The average molecular weight is 374 g/mol. The molecule has 2 bridgehead atoms. The second kappa shape index (κ2) is 5.22. The Kier molecular flexibility index (Phi) is 3.81. The number of anilines is 1. The van der Waals surface area contributed by atoms with E-state index < -0.39 is 33.9 Å². The van der Waals surface area contributed by atoms with Gasteiger partial charge >= 0.3 is 6.18 Å². The van der Waals surface area contributed by atoms with Gasteiger partial charge in [-0.2, -0.15) is 13.2 Å². The van der Waals surface area contributed by atoms with Crippen molar-refractivity contribution in [2.75, 3.05) is 5.32 Å². The summed E-state index contributed by atoms with van der Waals surface area (Å²) in [4.78, 5) is 25.4. The van der Waals surface area contributed by atoms with Gasteiger partial charge in [-0.1, -0.05) is 32.4 Å². The van der Waals surface area contributed by atoms with Gasteiger partial charge in [0.05, 0.1) is 21.7 Å². The smallest absolute Gasteiger partial charge is 0.324 e. The predicted molar refractivity (Wildman–Crippen MR) is 88.3 cm³/mol. The van der Waals surface area contributed by atoms with Crippen LogP contribution in [0, 0.1) is 16.2 Å². The van der Waals surface area contributed by atoms with Crippen molar-refractivity contribution >= 4 is 29.0 Å². The van der Waals surface area contributed by atoms with E-state index in [1.807, 2.05) is 20.8 Å². The van der Waals surface area contributed by atoms with E-state index >= 15 is 0 Å². The van der Waals surface area contributed by atoms with E-state index in [-0.39, 0.29) is 22.9 Å². The Morgan fingerprint density at radius 2 is 1.84 bits per heavy atom. The fourth-order valence-electron chi connectivity index (χ4n) is 4.40. The zero-order valence-corrected chi connectivity index (χ0v) is 14.9. The van der Waals surface area contributed by atoms with E-state index in [1.165, 1.54) is 0 Å². The lowest BCUT2D eigenvalue weighted by Gasteiger charge is -2.38. The largest absolute Gasteiger partial charge is 0.416 e. The summed E-state index contributed by atoms with van der Waals surface area (Å²) in [6.45, 7) is 5.64. The van der Waals surface area contributed by atoms with Crippen molar-refractivity contribution in [3.05, 3.63) is 28.8 Å². The third kappa shape index (κ3) is 2.33. The van der Waals surface area contributed by atoms with Gasteiger partial charge in [0.25, 0.3) is 0 Å². The molecule has 3 rings (SSSR count). The van der Waals surface area contributed by atoms with E-state index in [0.29, 0.717) is 12.8 Å². The van der Waals surface area contributed by atoms with E-state index in [4.69, 9.17) is 11.6 Å². The number of benzene rings is 1. The number of rotatable bonds is 2. The minimum absolute atomic E-state index is 0.0284. The zero-order valence-electron chi connectivity index (χ0n) is 14.2. The van der Waals surface area contributed by atoms with Crippen LogP contribution in [-0.4, -0.2) is 11.7 Å². The molecule has 1 aromatic rings. The van der Waals surface area contributed by atoms with Crippen molar-refractivity contribution in [3.63, 3.8) is 0 Å². The van der Waals surface area contributed by atoms with Crippen LogP contribution in [0.5, 0.6) is 0 Å². The highest BCUT2D eigenvalue weighted by Gasteiger charge is 2.72. The molecule has 2 unspecified atom stereocenters. The van der Waals surface area contributed by atoms with Gasteiger partial charge in [0.2, 0.25) is 5.91 Å². The summed E-state index contributed by atoms with van der Waals surface area (Å²) in [6, 6.07) is 2.81.